The summed E-state index contributed by atoms with van der Waals surface area (Å²) in [7, 11) is 0. The number of hydrogen-bond donors (Lipinski definition) is 3. The number of hydrogen-bond acceptors (Lipinski definition) is 3. The van der Waals surface area contributed by atoms with Crippen LogP contribution in [-0.2, 0) is 0 Å². The third-order valence-corrected chi connectivity index (χ3v) is 3.23. The minimum atomic E-state index is -1.31. The van der Waals surface area contributed by atoms with E-state index in [4.69, 9.17) is 5.11 Å². The van der Waals surface area contributed by atoms with Crippen LogP contribution in [0.15, 0.2) is 18.2 Å². The number of nitrogens with zero attached hydrogens (tertiary/aromatic N) is 1. The molecular formula is C13H15FN2O4. The first-order valence-electron chi connectivity index (χ1n) is 6.25. The summed E-state index contributed by atoms with van der Waals surface area (Å²) in [6.45, 7) is 0.702. The molecule has 20 heavy (non-hydrogen) atoms. The fraction of sp³-hybridized carbons (Fsp3) is 0.385. The second kappa shape index (κ2) is 5.87. The van der Waals surface area contributed by atoms with Crippen molar-refractivity contribution >= 4 is 17.7 Å². The fourth-order valence-electron chi connectivity index (χ4n) is 2.08. The number of piperidine rings is 1. The summed E-state index contributed by atoms with van der Waals surface area (Å²) in [5, 5.41) is 20.6. The Morgan fingerprint density at radius 3 is 2.55 bits per heavy atom. The smallest absolute Gasteiger partial charge is 0.337 e. The third kappa shape index (κ3) is 3.05. The number of halogens is 1. The lowest BCUT2D eigenvalue weighted by Crippen LogP contribution is -2.42. The molecule has 0 spiro atoms. The Labute approximate surface area is 114 Å². The number of aliphatic hydroxyl groups excluding tert-OH is 1. The molecule has 0 aliphatic carbocycles. The number of likely N-dealkylation sites (tertiary alicyclic amines) is 1. The Bertz CT molecular complexity index is 527. The van der Waals surface area contributed by atoms with E-state index in [1.165, 1.54) is 17.0 Å². The van der Waals surface area contributed by atoms with Crippen molar-refractivity contribution < 1.29 is 24.2 Å². The van der Waals surface area contributed by atoms with E-state index in [0.717, 1.165) is 6.07 Å². The average molecular weight is 282 g/mol. The summed E-state index contributed by atoms with van der Waals surface area (Å²) in [5.41, 5.74) is -0.633. The lowest BCUT2D eigenvalue weighted by molar-refractivity contribution is 0.0697. The highest BCUT2D eigenvalue weighted by Crippen LogP contribution is 2.21. The number of carboxylic acid groups (broad SMARTS) is 1. The molecule has 0 unspecified atom stereocenters. The molecule has 0 atom stereocenters. The van der Waals surface area contributed by atoms with E-state index in [1.54, 1.807) is 0 Å². The Balaban J connectivity index is 2.13. The highest BCUT2D eigenvalue weighted by atomic mass is 19.1. The number of carbonyl (C=O) groups is 2. The van der Waals surface area contributed by atoms with Crippen molar-refractivity contribution in [1.29, 1.82) is 0 Å². The number of nitrogens with one attached hydrogen (secondary N) is 1. The molecule has 2 amide bonds. The Kier molecular flexibility index (Phi) is 4.19. The summed E-state index contributed by atoms with van der Waals surface area (Å²) >= 11 is 0. The Morgan fingerprint density at radius 2 is 1.95 bits per heavy atom. The summed E-state index contributed by atoms with van der Waals surface area (Å²) < 4.78 is 13.7. The van der Waals surface area contributed by atoms with E-state index in [2.05, 4.69) is 5.32 Å². The van der Waals surface area contributed by atoms with Crippen LogP contribution in [0.1, 0.15) is 23.2 Å². The summed E-state index contributed by atoms with van der Waals surface area (Å²) in [6, 6.07) is 3.01. The number of anilines is 1. The topological polar surface area (TPSA) is 89.9 Å². The Hall–Kier alpha value is -2.15. The van der Waals surface area contributed by atoms with Crippen LogP contribution in [0, 0.1) is 5.82 Å². The van der Waals surface area contributed by atoms with Crippen LogP contribution in [0.3, 0.4) is 0 Å². The normalized spacial score (nSPS) is 16.0. The summed E-state index contributed by atoms with van der Waals surface area (Å²) in [6.07, 6.45) is 0.481. The van der Waals surface area contributed by atoms with Gasteiger partial charge in [-0.25, -0.2) is 14.0 Å². The first-order valence-corrected chi connectivity index (χ1v) is 6.25. The number of benzene rings is 1. The van der Waals surface area contributed by atoms with Gasteiger partial charge in [0, 0.05) is 13.1 Å². The molecule has 1 saturated heterocycles. The molecule has 3 N–H and O–H groups in total. The van der Waals surface area contributed by atoms with Gasteiger partial charge in [-0.2, -0.15) is 0 Å². The van der Waals surface area contributed by atoms with Crippen molar-refractivity contribution in [1.82, 2.24) is 4.90 Å². The van der Waals surface area contributed by atoms with Crippen molar-refractivity contribution in [3.8, 4) is 0 Å². The van der Waals surface area contributed by atoms with E-state index in [-0.39, 0.29) is 11.3 Å². The van der Waals surface area contributed by atoms with Gasteiger partial charge in [0.25, 0.3) is 0 Å². The molecule has 108 valence electrons. The molecule has 2 rings (SSSR count). The standard InChI is InChI=1S/C13H15FN2O4/c14-10-3-1-2-9(12(18)19)11(10)15-13(20)16-6-4-8(17)5-7-16/h1-3,8,17H,4-7H2,(H,15,20)(H,18,19). The number of aromatic carboxylic acids is 1. The molecule has 1 aromatic rings. The number of rotatable bonds is 2. The quantitative estimate of drug-likeness (QED) is 0.767. The van der Waals surface area contributed by atoms with E-state index in [1.807, 2.05) is 0 Å². The van der Waals surface area contributed by atoms with Crippen molar-refractivity contribution in [2.24, 2.45) is 0 Å². The van der Waals surface area contributed by atoms with Gasteiger partial charge in [-0.15, -0.1) is 0 Å². The fourth-order valence-corrected chi connectivity index (χ4v) is 2.08. The Morgan fingerprint density at radius 1 is 1.30 bits per heavy atom. The minimum absolute atomic E-state index is 0.296. The van der Waals surface area contributed by atoms with Crippen molar-refractivity contribution in [2.75, 3.05) is 18.4 Å². The van der Waals surface area contributed by atoms with E-state index >= 15 is 0 Å². The number of carboxylic acids is 1. The van der Waals surface area contributed by atoms with Crippen molar-refractivity contribution in [3.63, 3.8) is 0 Å². The maximum absolute atomic E-state index is 13.7. The molecule has 1 aromatic carbocycles. The number of urea groups is 1. The van der Waals surface area contributed by atoms with Crippen LogP contribution in [0.5, 0.6) is 0 Å². The maximum Gasteiger partial charge on any atom is 0.337 e. The molecule has 0 aromatic heterocycles. The second-order valence-electron chi connectivity index (χ2n) is 4.62. The first-order chi connectivity index (χ1) is 9.49. The lowest BCUT2D eigenvalue weighted by Gasteiger charge is -2.29. The van der Waals surface area contributed by atoms with Crippen LogP contribution < -0.4 is 5.32 Å². The molecule has 6 nitrogen and oxygen atoms in total. The van der Waals surface area contributed by atoms with Crippen LogP contribution in [0.25, 0.3) is 0 Å². The van der Waals surface area contributed by atoms with Gasteiger partial charge in [0.05, 0.1) is 17.4 Å². The average Bonchev–Trinajstić information content (AvgIpc) is 2.41. The zero-order valence-corrected chi connectivity index (χ0v) is 10.7. The molecule has 1 heterocycles. The second-order valence-corrected chi connectivity index (χ2v) is 4.62. The summed E-state index contributed by atoms with van der Waals surface area (Å²) in [4.78, 5) is 24.4. The molecular weight excluding hydrogens is 267 g/mol. The molecule has 1 aliphatic heterocycles. The molecule has 1 aliphatic rings. The van der Waals surface area contributed by atoms with Gasteiger partial charge >= 0.3 is 12.0 Å². The van der Waals surface area contributed by atoms with Crippen LogP contribution in [-0.4, -0.2) is 46.3 Å². The van der Waals surface area contributed by atoms with Crippen molar-refractivity contribution in [2.45, 2.75) is 18.9 Å². The van der Waals surface area contributed by atoms with Crippen LogP contribution in [0.2, 0.25) is 0 Å². The highest BCUT2D eigenvalue weighted by Gasteiger charge is 2.23. The highest BCUT2D eigenvalue weighted by molar-refractivity contribution is 6.00. The van der Waals surface area contributed by atoms with Gasteiger partial charge in [0.2, 0.25) is 0 Å². The van der Waals surface area contributed by atoms with Gasteiger partial charge < -0.3 is 20.4 Å². The molecule has 0 radical (unpaired) electrons. The van der Waals surface area contributed by atoms with E-state index in [9.17, 15) is 19.1 Å². The van der Waals surface area contributed by atoms with Gasteiger partial charge in [-0.3, -0.25) is 0 Å². The third-order valence-electron chi connectivity index (χ3n) is 3.23. The zero-order chi connectivity index (χ0) is 14.7. The summed E-state index contributed by atoms with van der Waals surface area (Å²) in [5.74, 6) is -2.11. The van der Waals surface area contributed by atoms with E-state index < -0.39 is 23.9 Å². The SMILES string of the molecule is O=C(O)c1cccc(F)c1NC(=O)N1CCC(O)CC1. The number of aliphatic hydroxyl groups is 1. The largest absolute Gasteiger partial charge is 0.478 e. The molecule has 0 bridgehead atoms. The van der Waals surface area contributed by atoms with Gasteiger partial charge in [0.15, 0.2) is 0 Å². The van der Waals surface area contributed by atoms with Gasteiger partial charge in [-0.05, 0) is 25.0 Å². The minimum Gasteiger partial charge on any atom is -0.478 e. The van der Waals surface area contributed by atoms with Crippen LogP contribution >= 0.6 is 0 Å². The number of para-hydroxylation sites is 1. The monoisotopic (exact) mass is 282 g/mol. The predicted molar refractivity (Wildman–Crippen MR) is 69.2 cm³/mol. The number of amides is 2. The first kappa shape index (κ1) is 14.3. The van der Waals surface area contributed by atoms with Gasteiger partial charge in [0.1, 0.15) is 5.82 Å². The van der Waals surface area contributed by atoms with Gasteiger partial charge in [-0.1, -0.05) is 6.07 Å². The zero-order valence-electron chi connectivity index (χ0n) is 10.7. The van der Waals surface area contributed by atoms with Crippen LogP contribution in [0.4, 0.5) is 14.9 Å². The maximum atomic E-state index is 13.7. The van der Waals surface area contributed by atoms with E-state index in [0.29, 0.717) is 25.9 Å². The number of carbonyl (C=O) groups excluding carboxylic acids is 1. The molecule has 0 saturated carbocycles. The van der Waals surface area contributed by atoms with Crippen molar-refractivity contribution in [3.05, 3.63) is 29.6 Å². The molecule has 1 fully saturated rings. The lowest BCUT2D eigenvalue weighted by atomic mass is 10.1. The molecule has 7 heteroatoms. The predicted octanol–water partition coefficient (Wildman–Crippen LogP) is 1.51.